The van der Waals surface area contributed by atoms with Gasteiger partial charge in [-0.15, -0.1) is 0 Å². The van der Waals surface area contributed by atoms with Crippen LogP contribution in [0.5, 0.6) is 0 Å². The third-order valence-electron chi connectivity index (χ3n) is 2.53. The van der Waals surface area contributed by atoms with Gasteiger partial charge in [0, 0.05) is 5.57 Å². The van der Waals surface area contributed by atoms with E-state index in [4.69, 9.17) is 4.74 Å². The molecule has 0 aromatic carbocycles. The molecule has 0 aromatic heterocycles. The minimum Gasteiger partial charge on any atom is -0.462 e. The van der Waals surface area contributed by atoms with E-state index in [2.05, 4.69) is 13.2 Å². The fourth-order valence-electron chi connectivity index (χ4n) is 1.49. The molecule has 4 heteroatoms. The number of carbonyl (C=O) groups is 2. The zero-order valence-corrected chi connectivity index (χ0v) is 12.3. The van der Waals surface area contributed by atoms with Gasteiger partial charge in [-0.3, -0.25) is 0 Å². The lowest BCUT2D eigenvalue weighted by molar-refractivity contribution is -0.138. The van der Waals surface area contributed by atoms with Gasteiger partial charge in [-0.05, 0) is 31.9 Å². The summed E-state index contributed by atoms with van der Waals surface area (Å²) in [7, 11) is -1.92. The van der Waals surface area contributed by atoms with Gasteiger partial charge >= 0.3 is 5.97 Å². The number of ether oxygens (including phenoxy) is 1. The fraction of sp³-hybridized carbons (Fsp3) is 0.538. The molecule has 0 amide bonds. The van der Waals surface area contributed by atoms with Crippen molar-refractivity contribution in [2.45, 2.75) is 39.4 Å². The summed E-state index contributed by atoms with van der Waals surface area (Å²) >= 11 is 0. The molecule has 0 aliphatic rings. The average molecular weight is 254 g/mol. The van der Waals surface area contributed by atoms with E-state index in [9.17, 15) is 9.59 Å². The van der Waals surface area contributed by atoms with Gasteiger partial charge in [0.05, 0.1) is 6.61 Å². The Morgan fingerprint density at radius 2 is 1.65 bits per heavy atom. The highest BCUT2D eigenvalue weighted by Crippen LogP contribution is 2.17. The van der Waals surface area contributed by atoms with Crippen LogP contribution >= 0.6 is 0 Å². The summed E-state index contributed by atoms with van der Waals surface area (Å²) in [6, 6.07) is 0.808. The molecule has 17 heavy (non-hydrogen) atoms. The molecule has 96 valence electrons. The smallest absolute Gasteiger partial charge is 0.333 e. The molecule has 0 radical (unpaired) electrons. The molecule has 0 aliphatic heterocycles. The largest absolute Gasteiger partial charge is 0.462 e. The molecule has 0 saturated heterocycles. The molecule has 0 atom stereocenters. The second-order valence-corrected chi connectivity index (χ2v) is 9.74. The van der Waals surface area contributed by atoms with Crippen molar-refractivity contribution in [3.63, 3.8) is 0 Å². The lowest BCUT2D eigenvalue weighted by atomic mass is 10.4. The summed E-state index contributed by atoms with van der Waals surface area (Å²) in [5.74, 6) is -0.365. The van der Waals surface area contributed by atoms with Crippen LogP contribution in [0.1, 0.15) is 20.3 Å². The van der Waals surface area contributed by atoms with E-state index in [0.717, 1.165) is 12.5 Å². The monoisotopic (exact) mass is 254 g/mol. The molecule has 0 heterocycles. The van der Waals surface area contributed by atoms with Crippen LogP contribution in [-0.2, 0) is 14.3 Å². The third-order valence-corrected chi connectivity index (χ3v) is 5.79. The van der Waals surface area contributed by atoms with Crippen molar-refractivity contribution in [3.05, 3.63) is 24.3 Å². The highest BCUT2D eigenvalue weighted by atomic mass is 28.3. The average Bonchev–Trinajstić information content (AvgIpc) is 2.22. The standard InChI is InChI=1S/C13H22O3Si/c1-10(2)12(14)16-8-7-9-17(5,6)13(15)11(3)4/h1,3,7-9H2,2,4-6H3. The van der Waals surface area contributed by atoms with Gasteiger partial charge in [0.25, 0.3) is 0 Å². The summed E-state index contributed by atoms with van der Waals surface area (Å²) in [4.78, 5) is 23.0. The van der Waals surface area contributed by atoms with Crippen LogP contribution in [0.15, 0.2) is 24.3 Å². The number of rotatable bonds is 7. The predicted octanol–water partition coefficient (Wildman–Crippen LogP) is 2.89. The van der Waals surface area contributed by atoms with Crippen LogP contribution in [0.4, 0.5) is 0 Å². The Kier molecular flexibility index (Phi) is 6.10. The summed E-state index contributed by atoms with van der Waals surface area (Å²) in [6.45, 7) is 14.9. The minimum absolute atomic E-state index is 0.198. The molecule has 0 aromatic rings. The Bertz CT molecular complexity index is 343. The summed E-state index contributed by atoms with van der Waals surface area (Å²) in [5.41, 5.74) is 1.03. The summed E-state index contributed by atoms with van der Waals surface area (Å²) in [6.07, 6.45) is 0.720. The quantitative estimate of drug-likeness (QED) is 0.304. The molecule has 0 N–H and O–H groups in total. The first kappa shape index (κ1) is 15.8. The Morgan fingerprint density at radius 1 is 1.12 bits per heavy atom. The lowest BCUT2D eigenvalue weighted by Crippen LogP contribution is -2.37. The van der Waals surface area contributed by atoms with Crippen molar-refractivity contribution in [2.24, 2.45) is 0 Å². The zero-order valence-electron chi connectivity index (χ0n) is 11.3. The Balaban J connectivity index is 4.04. The van der Waals surface area contributed by atoms with E-state index in [-0.39, 0.29) is 11.4 Å². The second-order valence-electron chi connectivity index (χ2n) is 5.01. The zero-order chi connectivity index (χ0) is 13.6. The Labute approximate surface area is 105 Å². The lowest BCUT2D eigenvalue weighted by Gasteiger charge is -2.20. The molecular weight excluding hydrogens is 232 g/mol. The highest BCUT2D eigenvalue weighted by molar-refractivity contribution is 7.06. The third kappa shape index (κ3) is 5.63. The summed E-state index contributed by atoms with van der Waals surface area (Å²) < 4.78 is 4.99. The molecule has 0 spiro atoms. The van der Waals surface area contributed by atoms with E-state index in [0.29, 0.717) is 17.8 Å². The van der Waals surface area contributed by atoms with Crippen molar-refractivity contribution in [1.29, 1.82) is 0 Å². The van der Waals surface area contributed by atoms with Gasteiger partial charge < -0.3 is 9.53 Å². The van der Waals surface area contributed by atoms with Gasteiger partial charge in [0.1, 0.15) is 13.5 Å². The number of hydrogen-bond acceptors (Lipinski definition) is 3. The number of esters is 1. The molecule has 0 unspecified atom stereocenters. The number of carbonyl (C=O) groups excluding carboxylic acids is 2. The molecule has 0 fully saturated rings. The fourth-order valence-corrected chi connectivity index (χ4v) is 3.90. The topological polar surface area (TPSA) is 43.4 Å². The Morgan fingerprint density at radius 3 is 2.06 bits per heavy atom. The molecule has 3 nitrogen and oxygen atoms in total. The highest BCUT2D eigenvalue weighted by Gasteiger charge is 2.29. The SMILES string of the molecule is C=C(C)C(=O)OCCC[Si](C)(C)C(=O)C(=C)C. The molecule has 0 aliphatic carbocycles. The molecule has 0 rings (SSSR count). The van der Waals surface area contributed by atoms with Crippen LogP contribution < -0.4 is 0 Å². The Hall–Kier alpha value is -1.16. The first-order valence-corrected chi connectivity index (χ1v) is 8.92. The maximum Gasteiger partial charge on any atom is 0.333 e. The minimum atomic E-state index is -1.92. The van der Waals surface area contributed by atoms with Gasteiger partial charge in [0.15, 0.2) is 0 Å². The van der Waals surface area contributed by atoms with Crippen LogP contribution in [0, 0.1) is 0 Å². The van der Waals surface area contributed by atoms with E-state index >= 15 is 0 Å². The van der Waals surface area contributed by atoms with Crippen molar-refractivity contribution in [3.8, 4) is 0 Å². The number of allylic oxidation sites excluding steroid dienone is 1. The van der Waals surface area contributed by atoms with E-state index < -0.39 is 8.07 Å². The first-order chi connectivity index (χ1) is 7.68. The van der Waals surface area contributed by atoms with Gasteiger partial charge in [-0.2, -0.15) is 0 Å². The van der Waals surface area contributed by atoms with Crippen molar-refractivity contribution >= 4 is 19.4 Å². The molecular formula is C13H22O3Si. The van der Waals surface area contributed by atoms with Crippen LogP contribution in [0.25, 0.3) is 0 Å². The van der Waals surface area contributed by atoms with Crippen LogP contribution in [0.2, 0.25) is 19.1 Å². The maximum atomic E-state index is 11.8. The maximum absolute atomic E-state index is 11.8. The van der Waals surface area contributed by atoms with E-state index in [1.165, 1.54) is 0 Å². The van der Waals surface area contributed by atoms with Gasteiger partial charge in [0.2, 0.25) is 0 Å². The normalized spacial score (nSPS) is 10.8. The van der Waals surface area contributed by atoms with Gasteiger partial charge in [-0.1, -0.05) is 26.3 Å². The second kappa shape index (κ2) is 6.54. The van der Waals surface area contributed by atoms with E-state index in [1.807, 2.05) is 13.1 Å². The van der Waals surface area contributed by atoms with Gasteiger partial charge in [-0.25, -0.2) is 4.79 Å². The number of hydrogen-bond donors (Lipinski definition) is 0. The van der Waals surface area contributed by atoms with Crippen molar-refractivity contribution < 1.29 is 14.3 Å². The molecule has 0 saturated carbocycles. The predicted molar refractivity (Wildman–Crippen MR) is 72.5 cm³/mol. The van der Waals surface area contributed by atoms with Crippen molar-refractivity contribution in [1.82, 2.24) is 0 Å². The van der Waals surface area contributed by atoms with Crippen LogP contribution in [0.3, 0.4) is 0 Å². The van der Waals surface area contributed by atoms with E-state index in [1.54, 1.807) is 13.8 Å². The summed E-state index contributed by atoms with van der Waals surface area (Å²) in [5, 5.41) is 0.198. The molecule has 0 bridgehead atoms. The van der Waals surface area contributed by atoms with Crippen LogP contribution in [-0.4, -0.2) is 26.1 Å². The first-order valence-electron chi connectivity index (χ1n) is 5.71. The van der Waals surface area contributed by atoms with Crippen molar-refractivity contribution in [2.75, 3.05) is 6.61 Å².